The van der Waals surface area contributed by atoms with Crippen molar-refractivity contribution in [2.75, 3.05) is 0 Å². The first-order valence-electron chi connectivity index (χ1n) is 14.1. The third-order valence-corrected chi connectivity index (χ3v) is 16.1. The molecule has 1 atom stereocenters. The number of rotatable bonds is 8. The molecule has 4 nitrogen and oxygen atoms in total. The van der Waals surface area contributed by atoms with E-state index in [1.807, 2.05) is 139 Å². The van der Waals surface area contributed by atoms with Crippen molar-refractivity contribution in [3.8, 4) is 11.1 Å². The Morgan fingerprint density at radius 1 is 0.659 bits per heavy atom. The molecule has 1 unspecified atom stereocenters. The molecule has 0 N–H and O–H groups in total. The van der Waals surface area contributed by atoms with Crippen molar-refractivity contribution in [1.82, 2.24) is 3.97 Å². The average Bonchev–Trinajstić information content (AvgIpc) is 3.84. The molecule has 7 rings (SSSR count). The molecule has 0 fully saturated rings. The van der Waals surface area contributed by atoms with Crippen LogP contribution in [-0.4, -0.2) is 12.4 Å². The van der Waals surface area contributed by atoms with Gasteiger partial charge in [-0.15, -0.1) is 22.7 Å². The molecule has 0 aliphatic heterocycles. The van der Waals surface area contributed by atoms with Gasteiger partial charge in [0.25, 0.3) is 10.0 Å². The Morgan fingerprint density at radius 3 is 1.82 bits per heavy atom. The third kappa shape index (κ3) is 4.72. The van der Waals surface area contributed by atoms with Gasteiger partial charge in [0.15, 0.2) is 7.14 Å². The second-order valence-electron chi connectivity index (χ2n) is 10.6. The van der Waals surface area contributed by atoms with Crippen LogP contribution in [0.3, 0.4) is 0 Å². The summed E-state index contributed by atoms with van der Waals surface area (Å²) in [5, 5.41) is 4.66. The number of nitrogens with zero attached hydrogens (tertiary/aromatic N) is 1. The summed E-state index contributed by atoms with van der Waals surface area (Å²) in [5.74, 6) is 0. The van der Waals surface area contributed by atoms with Gasteiger partial charge < -0.3 is 4.57 Å². The highest BCUT2D eigenvalue weighted by Crippen LogP contribution is 2.64. The van der Waals surface area contributed by atoms with Gasteiger partial charge in [-0.05, 0) is 59.1 Å². The summed E-state index contributed by atoms with van der Waals surface area (Å²) in [6.45, 7) is 1.93. The molecular formula is C36H28NO3PS3. The first-order valence-corrected chi connectivity index (χ1v) is 19.1. The molecule has 8 heteroatoms. The van der Waals surface area contributed by atoms with Crippen LogP contribution in [0.2, 0.25) is 0 Å². The molecule has 3 aromatic heterocycles. The quantitative estimate of drug-likeness (QED) is 0.154. The normalized spacial score (nSPS) is 12.8. The summed E-state index contributed by atoms with van der Waals surface area (Å²) in [6.07, 6.45) is 0. The van der Waals surface area contributed by atoms with Gasteiger partial charge in [0.1, 0.15) is 0 Å². The molecule has 0 amide bonds. The van der Waals surface area contributed by atoms with Crippen molar-refractivity contribution >= 4 is 60.0 Å². The van der Waals surface area contributed by atoms with Crippen molar-refractivity contribution in [3.63, 3.8) is 0 Å². The van der Waals surface area contributed by atoms with Crippen molar-refractivity contribution in [3.05, 3.63) is 161 Å². The van der Waals surface area contributed by atoms with Crippen LogP contribution in [0.25, 0.3) is 22.0 Å². The lowest BCUT2D eigenvalue weighted by Crippen LogP contribution is -2.24. The highest BCUT2D eigenvalue weighted by Gasteiger charge is 2.45. The van der Waals surface area contributed by atoms with E-state index in [0.717, 1.165) is 36.9 Å². The fourth-order valence-corrected chi connectivity index (χ4v) is 14.0. The molecule has 0 saturated carbocycles. The number of aromatic nitrogens is 1. The SMILES string of the molecule is Cc1ccc(S(=O)(=O)n2c(C(c3ccccc3)P(=O)(c3cccs3)c3cccs3)c(-c3ccccc3)c3ccccc32)cc1. The van der Waals surface area contributed by atoms with Crippen molar-refractivity contribution < 1.29 is 13.0 Å². The zero-order chi connectivity index (χ0) is 30.3. The molecule has 0 spiro atoms. The molecule has 3 heterocycles. The van der Waals surface area contributed by atoms with Crippen LogP contribution < -0.4 is 9.24 Å². The Bertz CT molecular complexity index is 2170. The van der Waals surface area contributed by atoms with Crippen molar-refractivity contribution in [1.29, 1.82) is 0 Å². The lowest BCUT2D eigenvalue weighted by atomic mass is 9.98. The van der Waals surface area contributed by atoms with Crippen LogP contribution in [0.1, 0.15) is 22.5 Å². The van der Waals surface area contributed by atoms with Gasteiger partial charge in [-0.2, -0.15) is 0 Å². The maximum atomic E-state index is 16.2. The fourth-order valence-electron chi connectivity index (χ4n) is 5.92. The summed E-state index contributed by atoms with van der Waals surface area (Å²) < 4.78 is 49.0. The molecule has 0 radical (unpaired) electrons. The zero-order valence-electron chi connectivity index (χ0n) is 23.8. The van der Waals surface area contributed by atoms with Gasteiger partial charge in [-0.1, -0.05) is 109 Å². The predicted octanol–water partition coefficient (Wildman–Crippen LogP) is 9.08. The number of aryl methyl sites for hydroxylation is 1. The number of hydrogen-bond acceptors (Lipinski definition) is 5. The summed E-state index contributed by atoms with van der Waals surface area (Å²) in [6, 6.07) is 41.8. The van der Waals surface area contributed by atoms with Gasteiger partial charge in [-0.25, -0.2) is 12.4 Å². The van der Waals surface area contributed by atoms with Gasteiger partial charge in [0.05, 0.1) is 31.0 Å². The summed E-state index contributed by atoms with van der Waals surface area (Å²) >= 11 is 2.90. The average molecular weight is 650 g/mol. The van der Waals surface area contributed by atoms with Gasteiger partial charge in [-0.3, -0.25) is 0 Å². The van der Waals surface area contributed by atoms with E-state index in [-0.39, 0.29) is 4.90 Å². The Labute approximate surface area is 265 Å². The Balaban J connectivity index is 1.70. The third-order valence-electron chi connectivity index (χ3n) is 7.89. The van der Waals surface area contributed by atoms with Gasteiger partial charge in [0.2, 0.25) is 0 Å². The van der Waals surface area contributed by atoms with Crippen molar-refractivity contribution in [2.45, 2.75) is 17.5 Å². The molecule has 0 saturated heterocycles. The molecule has 0 aliphatic carbocycles. The minimum atomic E-state index is -4.15. The Hall–Kier alpha value is -4.00. The number of fused-ring (bicyclic) bond motifs is 1. The highest BCUT2D eigenvalue weighted by atomic mass is 32.2. The zero-order valence-corrected chi connectivity index (χ0v) is 27.1. The van der Waals surface area contributed by atoms with Crippen LogP contribution in [0.5, 0.6) is 0 Å². The maximum absolute atomic E-state index is 16.2. The molecular weight excluding hydrogens is 622 g/mol. The molecule has 0 aliphatic rings. The van der Waals surface area contributed by atoms with E-state index in [1.165, 1.54) is 26.6 Å². The van der Waals surface area contributed by atoms with Crippen LogP contribution in [-0.2, 0) is 14.6 Å². The Kier molecular flexibility index (Phi) is 7.51. The van der Waals surface area contributed by atoms with E-state index in [1.54, 1.807) is 12.1 Å². The summed E-state index contributed by atoms with van der Waals surface area (Å²) in [4.78, 5) is 0.179. The minimum Gasteiger partial charge on any atom is -0.311 e. The van der Waals surface area contributed by atoms with Crippen LogP contribution in [0.4, 0.5) is 0 Å². The van der Waals surface area contributed by atoms with E-state index in [9.17, 15) is 8.42 Å². The number of thiophene rings is 2. The second kappa shape index (κ2) is 11.5. The largest absolute Gasteiger partial charge is 0.311 e. The number of para-hydroxylation sites is 1. The molecule has 0 bridgehead atoms. The molecule has 7 aromatic rings. The monoisotopic (exact) mass is 649 g/mol. The smallest absolute Gasteiger partial charge is 0.268 e. The lowest BCUT2D eigenvalue weighted by Gasteiger charge is -2.29. The van der Waals surface area contributed by atoms with E-state index in [4.69, 9.17) is 0 Å². The van der Waals surface area contributed by atoms with Gasteiger partial charge in [0, 0.05) is 10.9 Å². The fraction of sp³-hybridized carbons (Fsp3) is 0.0556. The van der Waals surface area contributed by atoms with E-state index in [0.29, 0.717) is 11.2 Å². The van der Waals surface area contributed by atoms with Crippen LogP contribution >= 0.6 is 29.8 Å². The topological polar surface area (TPSA) is 56.1 Å². The minimum absolute atomic E-state index is 0.179. The maximum Gasteiger partial charge on any atom is 0.268 e. The lowest BCUT2D eigenvalue weighted by molar-refractivity contribution is 0.580. The number of hydrogen-bond donors (Lipinski definition) is 0. The van der Waals surface area contributed by atoms with E-state index < -0.39 is 22.8 Å². The van der Waals surface area contributed by atoms with Gasteiger partial charge >= 0.3 is 0 Å². The molecule has 44 heavy (non-hydrogen) atoms. The van der Waals surface area contributed by atoms with Crippen LogP contribution in [0.15, 0.2) is 149 Å². The predicted molar refractivity (Wildman–Crippen MR) is 185 cm³/mol. The summed E-state index contributed by atoms with van der Waals surface area (Å²) in [5.41, 5.74) is 3.62. The molecule has 218 valence electrons. The Morgan fingerprint density at radius 2 is 1.23 bits per heavy atom. The van der Waals surface area contributed by atoms with E-state index in [2.05, 4.69) is 0 Å². The van der Waals surface area contributed by atoms with Crippen LogP contribution in [0, 0.1) is 6.92 Å². The summed E-state index contributed by atoms with van der Waals surface area (Å²) in [7, 11) is -7.68. The highest BCUT2D eigenvalue weighted by molar-refractivity contribution is 7.90. The second-order valence-corrected chi connectivity index (χ2v) is 17.7. The van der Waals surface area contributed by atoms with E-state index >= 15 is 4.57 Å². The first kappa shape index (κ1) is 28.8. The molecule has 4 aromatic carbocycles. The number of benzene rings is 4. The standard InChI is InChI=1S/C36H28NO3PS3/c1-26-20-22-29(23-21-26)44(39,40)37-31-17-9-8-16-30(31)34(27-12-4-2-5-13-27)35(37)36(28-14-6-3-7-15-28)41(38,32-18-10-24-42-32)33-19-11-25-43-33/h2-25,36H,1H3. The van der Waals surface area contributed by atoms with Crippen molar-refractivity contribution in [2.24, 2.45) is 0 Å². The first-order chi connectivity index (χ1) is 21.4.